The fraction of sp³-hybridized carbons (Fsp3) is 0.333. The first-order valence-corrected chi connectivity index (χ1v) is 7.15. The number of nitrogens with one attached hydrogen (secondary N) is 1. The Bertz CT molecular complexity index is 515. The van der Waals surface area contributed by atoms with Crippen molar-refractivity contribution in [3.63, 3.8) is 0 Å². The lowest BCUT2D eigenvalue weighted by atomic mass is 10.2. The number of amides is 2. The number of carbonyl (C=O) groups excluding carboxylic acids is 2. The number of hydrogen-bond donors (Lipinski definition) is 1. The average Bonchev–Trinajstić information content (AvgIpc) is 2.38. The number of halogens is 1. The number of carbonyl (C=O) groups is 2. The van der Waals surface area contributed by atoms with Gasteiger partial charge in [-0.05, 0) is 30.7 Å². The van der Waals surface area contributed by atoms with Crippen LogP contribution < -0.4 is 5.32 Å². The second-order valence-corrected chi connectivity index (χ2v) is 5.37. The molecule has 1 aromatic rings. The zero-order chi connectivity index (χ0) is 15.1. The van der Waals surface area contributed by atoms with Crippen LogP contribution in [0.3, 0.4) is 0 Å². The van der Waals surface area contributed by atoms with E-state index in [0.29, 0.717) is 13.1 Å². The lowest BCUT2D eigenvalue weighted by Crippen LogP contribution is -2.32. The molecule has 4 nitrogen and oxygen atoms in total. The Morgan fingerprint density at radius 3 is 2.70 bits per heavy atom. The molecule has 0 spiro atoms. The molecule has 1 aromatic carbocycles. The number of hydrogen-bond acceptors (Lipinski definition) is 2. The monoisotopic (exact) mass is 338 g/mol. The number of rotatable bonds is 6. The fourth-order valence-corrected chi connectivity index (χ4v) is 1.96. The normalized spacial score (nSPS) is 9.95. The van der Waals surface area contributed by atoms with Gasteiger partial charge in [0.1, 0.15) is 0 Å². The predicted molar refractivity (Wildman–Crippen MR) is 84.6 cm³/mol. The van der Waals surface area contributed by atoms with Gasteiger partial charge in [-0.3, -0.25) is 9.59 Å². The molecule has 0 unspecified atom stereocenters. The molecular weight excluding hydrogens is 320 g/mol. The first-order valence-electron chi connectivity index (χ1n) is 6.36. The number of anilines is 1. The molecule has 20 heavy (non-hydrogen) atoms. The molecule has 0 radical (unpaired) electrons. The highest BCUT2D eigenvalue weighted by Gasteiger charge is 2.10. The van der Waals surface area contributed by atoms with Crippen molar-refractivity contribution in [3.8, 4) is 0 Å². The van der Waals surface area contributed by atoms with Crippen molar-refractivity contribution < 1.29 is 9.59 Å². The highest BCUT2D eigenvalue weighted by Crippen LogP contribution is 2.20. The maximum absolute atomic E-state index is 11.9. The Hall–Kier alpha value is -1.62. The van der Waals surface area contributed by atoms with Gasteiger partial charge in [0.15, 0.2) is 0 Å². The molecule has 1 N–H and O–H groups in total. The van der Waals surface area contributed by atoms with Crippen LogP contribution in [0.1, 0.15) is 18.9 Å². The van der Waals surface area contributed by atoms with Crippen molar-refractivity contribution >= 4 is 33.4 Å². The molecule has 5 heteroatoms. The molecule has 108 valence electrons. The quantitative estimate of drug-likeness (QED) is 0.810. The van der Waals surface area contributed by atoms with E-state index in [1.54, 1.807) is 11.0 Å². The van der Waals surface area contributed by atoms with Crippen LogP contribution in [0.25, 0.3) is 0 Å². The second kappa shape index (κ2) is 7.85. The van der Waals surface area contributed by atoms with Crippen LogP contribution in [0.15, 0.2) is 35.3 Å². The van der Waals surface area contributed by atoms with E-state index < -0.39 is 0 Å². The summed E-state index contributed by atoms with van der Waals surface area (Å²) in [6.07, 6.45) is 1.92. The molecule has 0 saturated carbocycles. The van der Waals surface area contributed by atoms with Gasteiger partial charge in [0.25, 0.3) is 0 Å². The third-order valence-electron chi connectivity index (χ3n) is 2.85. The SMILES string of the molecule is C=CCN(CCC(=O)Nc1ccc(Br)c(C)c1)C(C)=O. The van der Waals surface area contributed by atoms with Crippen molar-refractivity contribution in [1.82, 2.24) is 4.90 Å². The average molecular weight is 339 g/mol. The molecule has 0 saturated heterocycles. The van der Waals surface area contributed by atoms with Crippen molar-refractivity contribution in [3.05, 3.63) is 40.9 Å². The first-order chi connectivity index (χ1) is 9.43. The maximum atomic E-state index is 11.9. The Balaban J connectivity index is 2.52. The van der Waals surface area contributed by atoms with Crippen molar-refractivity contribution in [2.45, 2.75) is 20.3 Å². The third-order valence-corrected chi connectivity index (χ3v) is 3.74. The van der Waals surface area contributed by atoms with Crippen molar-refractivity contribution in [2.24, 2.45) is 0 Å². The summed E-state index contributed by atoms with van der Waals surface area (Å²) in [6.45, 7) is 7.89. The van der Waals surface area contributed by atoms with Gasteiger partial charge < -0.3 is 10.2 Å². The lowest BCUT2D eigenvalue weighted by molar-refractivity contribution is -0.128. The summed E-state index contributed by atoms with van der Waals surface area (Å²) < 4.78 is 1.00. The zero-order valence-corrected chi connectivity index (χ0v) is 13.4. The van der Waals surface area contributed by atoms with E-state index in [9.17, 15) is 9.59 Å². The molecule has 0 heterocycles. The fourth-order valence-electron chi connectivity index (χ4n) is 1.72. The minimum atomic E-state index is -0.109. The second-order valence-electron chi connectivity index (χ2n) is 4.52. The number of nitrogens with zero attached hydrogens (tertiary/aromatic N) is 1. The van der Waals surface area contributed by atoms with Crippen LogP contribution in [0.4, 0.5) is 5.69 Å². The highest BCUT2D eigenvalue weighted by atomic mass is 79.9. The maximum Gasteiger partial charge on any atom is 0.226 e. The van der Waals surface area contributed by atoms with Gasteiger partial charge in [-0.15, -0.1) is 6.58 Å². The van der Waals surface area contributed by atoms with Crippen LogP contribution in [-0.2, 0) is 9.59 Å². The Morgan fingerprint density at radius 2 is 2.15 bits per heavy atom. The highest BCUT2D eigenvalue weighted by molar-refractivity contribution is 9.10. The van der Waals surface area contributed by atoms with E-state index in [4.69, 9.17) is 0 Å². The van der Waals surface area contributed by atoms with E-state index in [-0.39, 0.29) is 18.2 Å². The van der Waals surface area contributed by atoms with E-state index in [2.05, 4.69) is 27.8 Å². The predicted octanol–water partition coefficient (Wildman–Crippen LogP) is 3.12. The van der Waals surface area contributed by atoms with Crippen LogP contribution in [-0.4, -0.2) is 29.8 Å². The summed E-state index contributed by atoms with van der Waals surface area (Å²) in [5.41, 5.74) is 1.81. The summed E-state index contributed by atoms with van der Waals surface area (Å²) in [7, 11) is 0. The molecule has 0 aromatic heterocycles. The van der Waals surface area contributed by atoms with Gasteiger partial charge in [0.2, 0.25) is 11.8 Å². The van der Waals surface area contributed by atoms with Crippen LogP contribution in [0.2, 0.25) is 0 Å². The number of benzene rings is 1. The molecule has 0 atom stereocenters. The summed E-state index contributed by atoms with van der Waals surface area (Å²) in [5, 5.41) is 2.82. The summed E-state index contributed by atoms with van der Waals surface area (Å²) in [5.74, 6) is -0.167. The van der Waals surface area contributed by atoms with Crippen molar-refractivity contribution in [1.29, 1.82) is 0 Å². The van der Waals surface area contributed by atoms with Gasteiger partial charge >= 0.3 is 0 Å². The molecule has 0 aliphatic rings. The van der Waals surface area contributed by atoms with Gasteiger partial charge in [0, 0.05) is 36.6 Å². The number of aryl methyl sites for hydroxylation is 1. The smallest absolute Gasteiger partial charge is 0.226 e. The summed E-state index contributed by atoms with van der Waals surface area (Å²) in [4.78, 5) is 24.8. The standard InChI is InChI=1S/C15H19BrN2O2/c1-4-8-18(12(3)19)9-7-15(20)17-13-5-6-14(16)11(2)10-13/h4-6,10H,1,7-9H2,2-3H3,(H,17,20). The van der Waals surface area contributed by atoms with E-state index >= 15 is 0 Å². The molecule has 0 bridgehead atoms. The van der Waals surface area contributed by atoms with Crippen LogP contribution >= 0.6 is 15.9 Å². The lowest BCUT2D eigenvalue weighted by Gasteiger charge is -2.18. The molecule has 0 aliphatic carbocycles. The molecular formula is C15H19BrN2O2. The molecule has 0 fully saturated rings. The first kappa shape index (κ1) is 16.4. The van der Waals surface area contributed by atoms with Gasteiger partial charge in [-0.2, -0.15) is 0 Å². The zero-order valence-electron chi connectivity index (χ0n) is 11.8. The minimum absolute atomic E-state index is 0.0582. The summed E-state index contributed by atoms with van der Waals surface area (Å²) >= 11 is 3.41. The van der Waals surface area contributed by atoms with E-state index in [0.717, 1.165) is 15.7 Å². The van der Waals surface area contributed by atoms with Crippen LogP contribution in [0, 0.1) is 6.92 Å². The largest absolute Gasteiger partial charge is 0.339 e. The molecule has 0 aliphatic heterocycles. The topological polar surface area (TPSA) is 49.4 Å². The molecule has 2 amide bonds. The van der Waals surface area contributed by atoms with Gasteiger partial charge in [-0.25, -0.2) is 0 Å². The third kappa shape index (κ3) is 5.17. The van der Waals surface area contributed by atoms with E-state index in [1.807, 2.05) is 25.1 Å². The Labute approximate surface area is 128 Å². The Morgan fingerprint density at radius 1 is 1.45 bits per heavy atom. The Kier molecular flexibility index (Phi) is 6.45. The van der Waals surface area contributed by atoms with E-state index in [1.165, 1.54) is 6.92 Å². The minimum Gasteiger partial charge on any atom is -0.339 e. The van der Waals surface area contributed by atoms with Crippen LogP contribution in [0.5, 0.6) is 0 Å². The van der Waals surface area contributed by atoms with Gasteiger partial charge in [-0.1, -0.05) is 22.0 Å². The van der Waals surface area contributed by atoms with Gasteiger partial charge in [0.05, 0.1) is 0 Å². The van der Waals surface area contributed by atoms with Crippen molar-refractivity contribution in [2.75, 3.05) is 18.4 Å². The molecule has 1 rings (SSSR count). The summed E-state index contributed by atoms with van der Waals surface area (Å²) in [6, 6.07) is 5.63.